The third-order valence-electron chi connectivity index (χ3n) is 3.89. The van der Waals surface area contributed by atoms with Crippen LogP contribution >= 0.6 is 11.6 Å². The Labute approximate surface area is 137 Å². The first-order valence-corrected chi connectivity index (χ1v) is 7.35. The molecule has 1 aromatic heterocycles. The zero-order valence-electron chi connectivity index (χ0n) is 12.6. The van der Waals surface area contributed by atoms with E-state index in [4.69, 9.17) is 16.3 Å². The van der Waals surface area contributed by atoms with Crippen LogP contribution in [0.5, 0.6) is 5.75 Å². The Hall–Kier alpha value is -1.73. The summed E-state index contributed by atoms with van der Waals surface area (Å²) in [6.07, 6.45) is 2.65. The third kappa shape index (κ3) is 3.97. The smallest absolute Gasteiger partial charge is 0.137 e. The predicted octanol–water partition coefficient (Wildman–Crippen LogP) is 2.69. The van der Waals surface area contributed by atoms with Crippen molar-refractivity contribution in [3.63, 3.8) is 0 Å². The number of nitrogens with zero attached hydrogens (tertiary/aromatic N) is 3. The summed E-state index contributed by atoms with van der Waals surface area (Å²) in [5.74, 6) is 0.437. The molecule has 5 nitrogen and oxygen atoms in total. The summed E-state index contributed by atoms with van der Waals surface area (Å²) >= 11 is 5.79. The van der Waals surface area contributed by atoms with Crippen LogP contribution in [-0.2, 0) is 6.54 Å². The van der Waals surface area contributed by atoms with Gasteiger partial charge in [0.05, 0.1) is 12.0 Å². The Morgan fingerprint density at radius 3 is 2.43 bits per heavy atom. The van der Waals surface area contributed by atoms with Gasteiger partial charge in [0.2, 0.25) is 0 Å². The molecule has 2 aromatic rings. The molecule has 0 amide bonds. The molecule has 1 heterocycles. The molecule has 0 aliphatic rings. The molecule has 1 atom stereocenters. The number of rotatable bonds is 8. The fraction of sp³-hybridized carbons (Fsp3) is 0.467. The van der Waals surface area contributed by atoms with Crippen LogP contribution in [0.4, 0.5) is 8.78 Å². The average Bonchev–Trinajstić information content (AvgIpc) is 3.06. The number of benzene rings is 1. The second kappa shape index (κ2) is 7.23. The van der Waals surface area contributed by atoms with Gasteiger partial charge >= 0.3 is 0 Å². The van der Waals surface area contributed by atoms with Gasteiger partial charge in [-0.3, -0.25) is 8.78 Å². The quantitative estimate of drug-likeness (QED) is 0.799. The van der Waals surface area contributed by atoms with Gasteiger partial charge in [0.25, 0.3) is 0 Å². The Morgan fingerprint density at radius 1 is 1.26 bits per heavy atom. The summed E-state index contributed by atoms with van der Waals surface area (Å²) in [6.45, 7) is -1.21. The van der Waals surface area contributed by atoms with Crippen LogP contribution in [0.25, 0.3) is 0 Å². The molecule has 0 saturated heterocycles. The van der Waals surface area contributed by atoms with Crippen molar-refractivity contribution in [2.24, 2.45) is 5.41 Å². The third-order valence-corrected chi connectivity index (χ3v) is 4.15. The Kier molecular flexibility index (Phi) is 5.54. The summed E-state index contributed by atoms with van der Waals surface area (Å²) in [7, 11) is 0. The number of hydrogen-bond acceptors (Lipinski definition) is 4. The molecule has 2 rings (SSSR count). The van der Waals surface area contributed by atoms with Gasteiger partial charge in [0.15, 0.2) is 0 Å². The molecule has 0 bridgehead atoms. The standard InChI is InChI=1S/C15H18ClF2N3O2/c1-14(6-17,7-18)15(22,8-21-11-19-10-20-21)9-23-13-4-2-12(16)3-5-13/h2-5,10-11,22H,6-9H2,1H3. The first-order chi connectivity index (χ1) is 10.9. The highest BCUT2D eigenvalue weighted by Gasteiger charge is 2.49. The highest BCUT2D eigenvalue weighted by molar-refractivity contribution is 6.30. The van der Waals surface area contributed by atoms with Gasteiger partial charge in [-0.25, -0.2) is 9.67 Å². The Bertz CT molecular complexity index is 606. The zero-order valence-corrected chi connectivity index (χ0v) is 13.4. The molecule has 1 unspecified atom stereocenters. The fourth-order valence-corrected chi connectivity index (χ4v) is 2.14. The lowest BCUT2D eigenvalue weighted by molar-refractivity contribution is -0.132. The van der Waals surface area contributed by atoms with Crippen LogP contribution in [0.1, 0.15) is 6.92 Å². The van der Waals surface area contributed by atoms with Crippen LogP contribution < -0.4 is 4.74 Å². The van der Waals surface area contributed by atoms with Crippen molar-refractivity contribution in [3.05, 3.63) is 41.9 Å². The van der Waals surface area contributed by atoms with Gasteiger partial charge in [0.1, 0.15) is 44.0 Å². The molecule has 0 spiro atoms. The van der Waals surface area contributed by atoms with Crippen molar-refractivity contribution in [3.8, 4) is 5.75 Å². The molecule has 1 aromatic carbocycles. The number of halogens is 3. The molecule has 0 fully saturated rings. The molecule has 126 valence electrons. The molecule has 8 heteroatoms. The van der Waals surface area contributed by atoms with Crippen LogP contribution in [0.15, 0.2) is 36.9 Å². The zero-order chi connectivity index (χ0) is 16.9. The number of aromatic nitrogens is 3. The first-order valence-electron chi connectivity index (χ1n) is 6.97. The average molecular weight is 346 g/mol. The molecule has 23 heavy (non-hydrogen) atoms. The van der Waals surface area contributed by atoms with Crippen molar-refractivity contribution >= 4 is 11.6 Å². The summed E-state index contributed by atoms with van der Waals surface area (Å²) in [4.78, 5) is 3.77. The summed E-state index contributed by atoms with van der Waals surface area (Å²) in [5, 5.41) is 15.3. The van der Waals surface area contributed by atoms with E-state index in [0.29, 0.717) is 10.8 Å². The largest absolute Gasteiger partial charge is 0.490 e. The minimum atomic E-state index is -1.82. The number of alkyl halides is 2. The summed E-state index contributed by atoms with van der Waals surface area (Å²) in [6, 6.07) is 6.47. The van der Waals surface area contributed by atoms with E-state index in [9.17, 15) is 13.9 Å². The van der Waals surface area contributed by atoms with E-state index in [1.54, 1.807) is 24.3 Å². The molecular weight excluding hydrogens is 328 g/mol. The van der Waals surface area contributed by atoms with E-state index in [1.807, 2.05) is 0 Å². The van der Waals surface area contributed by atoms with Crippen LogP contribution in [0.2, 0.25) is 5.02 Å². The minimum Gasteiger partial charge on any atom is -0.490 e. The van der Waals surface area contributed by atoms with Crippen LogP contribution in [0.3, 0.4) is 0 Å². The maximum atomic E-state index is 13.4. The summed E-state index contributed by atoms with van der Waals surface area (Å²) in [5.41, 5.74) is -3.45. The second-order valence-electron chi connectivity index (χ2n) is 5.70. The lowest BCUT2D eigenvalue weighted by Gasteiger charge is -2.41. The fourth-order valence-electron chi connectivity index (χ4n) is 2.01. The van der Waals surface area contributed by atoms with Gasteiger partial charge in [-0.05, 0) is 24.3 Å². The minimum absolute atomic E-state index is 0.148. The lowest BCUT2D eigenvalue weighted by atomic mass is 9.75. The van der Waals surface area contributed by atoms with Crippen molar-refractivity contribution in [2.45, 2.75) is 19.1 Å². The maximum absolute atomic E-state index is 13.4. The number of aliphatic hydroxyl groups is 1. The van der Waals surface area contributed by atoms with Crippen molar-refractivity contribution in [1.82, 2.24) is 14.8 Å². The number of hydrogen-bond donors (Lipinski definition) is 1. The van der Waals surface area contributed by atoms with Crippen molar-refractivity contribution < 1.29 is 18.6 Å². The van der Waals surface area contributed by atoms with E-state index in [-0.39, 0.29) is 13.2 Å². The van der Waals surface area contributed by atoms with Gasteiger partial charge in [-0.1, -0.05) is 18.5 Å². The van der Waals surface area contributed by atoms with Gasteiger partial charge in [-0.2, -0.15) is 5.10 Å². The molecular formula is C15H18ClF2N3O2. The van der Waals surface area contributed by atoms with E-state index in [0.717, 1.165) is 0 Å². The molecule has 0 radical (unpaired) electrons. The van der Waals surface area contributed by atoms with Gasteiger partial charge < -0.3 is 9.84 Å². The summed E-state index contributed by atoms with van der Waals surface area (Å²) < 4.78 is 33.7. The second-order valence-corrected chi connectivity index (χ2v) is 6.13. The van der Waals surface area contributed by atoms with E-state index in [1.165, 1.54) is 24.3 Å². The maximum Gasteiger partial charge on any atom is 0.137 e. The molecule has 1 N–H and O–H groups in total. The Balaban J connectivity index is 2.20. The van der Waals surface area contributed by atoms with Gasteiger partial charge in [0, 0.05) is 5.02 Å². The first kappa shape index (κ1) is 17.6. The van der Waals surface area contributed by atoms with Crippen LogP contribution in [-0.4, -0.2) is 45.4 Å². The van der Waals surface area contributed by atoms with E-state index in [2.05, 4.69) is 10.1 Å². The number of ether oxygens (including phenoxy) is 1. The van der Waals surface area contributed by atoms with E-state index >= 15 is 0 Å². The highest BCUT2D eigenvalue weighted by Crippen LogP contribution is 2.35. The Morgan fingerprint density at radius 2 is 1.91 bits per heavy atom. The topological polar surface area (TPSA) is 60.2 Å². The lowest BCUT2D eigenvalue weighted by Crippen LogP contribution is -2.56. The highest BCUT2D eigenvalue weighted by atomic mass is 35.5. The van der Waals surface area contributed by atoms with Crippen molar-refractivity contribution in [2.75, 3.05) is 20.0 Å². The normalized spacial score (nSPS) is 14.5. The monoisotopic (exact) mass is 345 g/mol. The van der Waals surface area contributed by atoms with Crippen LogP contribution in [0, 0.1) is 5.41 Å². The van der Waals surface area contributed by atoms with Gasteiger partial charge in [-0.15, -0.1) is 0 Å². The van der Waals surface area contributed by atoms with Crippen molar-refractivity contribution in [1.29, 1.82) is 0 Å². The van der Waals surface area contributed by atoms with E-state index < -0.39 is 24.4 Å². The molecule has 0 saturated carbocycles. The predicted molar refractivity (Wildman–Crippen MR) is 82.0 cm³/mol. The SMILES string of the molecule is CC(CF)(CF)C(O)(COc1ccc(Cl)cc1)Cn1cncn1. The molecule has 0 aliphatic heterocycles. The molecule has 0 aliphatic carbocycles.